The highest BCUT2D eigenvalue weighted by molar-refractivity contribution is 5.76. The number of carbonyl (C=O) groups is 1. The number of carbonyl (C=O) groups excluding carboxylic acids is 1. The predicted octanol–water partition coefficient (Wildman–Crippen LogP) is -0.370. The molecule has 1 aromatic heterocycles. The van der Waals surface area contributed by atoms with E-state index in [4.69, 9.17) is 10.5 Å². The highest BCUT2D eigenvalue weighted by Gasteiger charge is 2.35. The molecule has 0 bridgehead atoms. The second kappa shape index (κ2) is 5.29. The summed E-state index contributed by atoms with van der Waals surface area (Å²) in [5, 5.41) is 0. The van der Waals surface area contributed by atoms with Crippen molar-refractivity contribution in [1.29, 1.82) is 0 Å². The Morgan fingerprint density at radius 3 is 3.00 bits per heavy atom. The van der Waals surface area contributed by atoms with Gasteiger partial charge in [-0.15, -0.1) is 0 Å². The second-order valence-corrected chi connectivity index (χ2v) is 4.19. The van der Waals surface area contributed by atoms with Gasteiger partial charge >= 0.3 is 0 Å². The van der Waals surface area contributed by atoms with Crippen molar-refractivity contribution in [2.75, 3.05) is 26.7 Å². The largest absolute Gasteiger partial charge is 0.377 e. The minimum Gasteiger partial charge on any atom is -0.377 e. The summed E-state index contributed by atoms with van der Waals surface area (Å²) in [5.74, 6) is 0.0946. The molecule has 1 fully saturated rings. The van der Waals surface area contributed by atoms with Crippen LogP contribution in [0.4, 0.5) is 0 Å². The number of rotatable bonds is 4. The molecule has 2 N–H and O–H groups in total. The highest BCUT2D eigenvalue weighted by Crippen LogP contribution is 2.24. The number of hydrogen-bond donors (Lipinski definition) is 1. The summed E-state index contributed by atoms with van der Waals surface area (Å²) in [5.41, 5.74) is 5.40. The Bertz CT molecular complexity index is 366. The predicted molar refractivity (Wildman–Crippen MR) is 62.3 cm³/mol. The molecule has 2 atom stereocenters. The smallest absolute Gasteiger partial charge is 0.224 e. The van der Waals surface area contributed by atoms with Crippen LogP contribution in [-0.4, -0.2) is 53.2 Å². The van der Waals surface area contributed by atoms with Crippen LogP contribution in [-0.2, 0) is 9.53 Å². The molecule has 1 saturated heterocycles. The van der Waals surface area contributed by atoms with E-state index in [9.17, 15) is 4.79 Å². The maximum Gasteiger partial charge on any atom is 0.224 e. The topological polar surface area (TPSA) is 73.4 Å². The standard InChI is InChI=1S/C11H18N4O2/c1-17-10-7-15(11(16)2-3-12)6-9(10)14-5-4-13-8-14/h4-5,8-10H,2-3,6-7,12H2,1H3/t9-,10-/m1/s1. The van der Waals surface area contributed by atoms with Gasteiger partial charge in [0.2, 0.25) is 5.91 Å². The molecule has 0 aliphatic carbocycles. The SMILES string of the molecule is CO[C@@H]1CN(C(=O)CCN)C[C@H]1n1ccnc1. The Morgan fingerprint density at radius 1 is 1.59 bits per heavy atom. The van der Waals surface area contributed by atoms with Crippen LogP contribution in [0.3, 0.4) is 0 Å². The van der Waals surface area contributed by atoms with Crippen LogP contribution in [0, 0.1) is 0 Å². The third-order valence-corrected chi connectivity index (χ3v) is 3.16. The van der Waals surface area contributed by atoms with Gasteiger partial charge in [-0.05, 0) is 0 Å². The lowest BCUT2D eigenvalue weighted by atomic mass is 10.2. The van der Waals surface area contributed by atoms with E-state index in [-0.39, 0.29) is 18.1 Å². The van der Waals surface area contributed by atoms with Gasteiger partial charge in [0.25, 0.3) is 0 Å². The van der Waals surface area contributed by atoms with Crippen molar-refractivity contribution in [3.8, 4) is 0 Å². The zero-order valence-corrected chi connectivity index (χ0v) is 9.95. The second-order valence-electron chi connectivity index (χ2n) is 4.19. The third kappa shape index (κ3) is 2.48. The Labute approximate surface area is 100 Å². The lowest BCUT2D eigenvalue weighted by molar-refractivity contribution is -0.130. The number of imidazole rings is 1. The lowest BCUT2D eigenvalue weighted by Gasteiger charge is -2.17. The minimum absolute atomic E-state index is 0.0194. The van der Waals surface area contributed by atoms with Gasteiger partial charge in [-0.3, -0.25) is 4.79 Å². The molecule has 1 aliphatic heterocycles. The molecule has 2 heterocycles. The molecule has 94 valence electrons. The van der Waals surface area contributed by atoms with Crippen LogP contribution in [0.5, 0.6) is 0 Å². The molecule has 2 rings (SSSR count). The van der Waals surface area contributed by atoms with Gasteiger partial charge in [-0.25, -0.2) is 4.98 Å². The van der Waals surface area contributed by atoms with E-state index in [1.54, 1.807) is 19.6 Å². The van der Waals surface area contributed by atoms with E-state index < -0.39 is 0 Å². The summed E-state index contributed by atoms with van der Waals surface area (Å²) < 4.78 is 7.42. The molecule has 0 saturated carbocycles. The Hall–Kier alpha value is -1.40. The van der Waals surface area contributed by atoms with Crippen LogP contribution < -0.4 is 5.73 Å². The number of hydrogen-bond acceptors (Lipinski definition) is 4. The number of nitrogens with zero attached hydrogens (tertiary/aromatic N) is 3. The minimum atomic E-state index is 0.0194. The first-order valence-electron chi connectivity index (χ1n) is 5.74. The van der Waals surface area contributed by atoms with Gasteiger partial charge in [-0.1, -0.05) is 0 Å². The van der Waals surface area contributed by atoms with Crippen LogP contribution in [0.2, 0.25) is 0 Å². The van der Waals surface area contributed by atoms with Gasteiger partial charge in [0.1, 0.15) is 0 Å². The fourth-order valence-corrected chi connectivity index (χ4v) is 2.23. The molecule has 17 heavy (non-hydrogen) atoms. The van der Waals surface area contributed by atoms with Crippen molar-refractivity contribution < 1.29 is 9.53 Å². The molecule has 1 amide bonds. The van der Waals surface area contributed by atoms with Gasteiger partial charge in [-0.2, -0.15) is 0 Å². The molecular weight excluding hydrogens is 220 g/mol. The molecular formula is C11H18N4O2. The van der Waals surface area contributed by atoms with Crippen LogP contribution in [0.25, 0.3) is 0 Å². The first kappa shape index (κ1) is 12.1. The lowest BCUT2D eigenvalue weighted by Crippen LogP contribution is -2.31. The summed E-state index contributed by atoms with van der Waals surface area (Å²) in [4.78, 5) is 17.6. The Kier molecular flexibility index (Phi) is 3.75. The molecule has 6 heteroatoms. The van der Waals surface area contributed by atoms with Crippen molar-refractivity contribution in [2.24, 2.45) is 5.73 Å². The maximum atomic E-state index is 11.8. The van der Waals surface area contributed by atoms with Gasteiger partial charge in [0, 0.05) is 45.6 Å². The fraction of sp³-hybridized carbons (Fsp3) is 0.636. The number of aromatic nitrogens is 2. The average molecular weight is 238 g/mol. The van der Waals surface area contributed by atoms with Crippen LogP contribution in [0.15, 0.2) is 18.7 Å². The van der Waals surface area contributed by atoms with E-state index in [1.165, 1.54) is 0 Å². The van der Waals surface area contributed by atoms with E-state index in [1.807, 2.05) is 15.7 Å². The number of amides is 1. The first-order chi connectivity index (χ1) is 8.26. The zero-order valence-electron chi connectivity index (χ0n) is 9.95. The maximum absolute atomic E-state index is 11.8. The third-order valence-electron chi connectivity index (χ3n) is 3.16. The van der Waals surface area contributed by atoms with Crippen LogP contribution >= 0.6 is 0 Å². The van der Waals surface area contributed by atoms with Crippen LogP contribution in [0.1, 0.15) is 12.5 Å². The number of nitrogens with two attached hydrogens (primary N) is 1. The van der Waals surface area contributed by atoms with Gasteiger partial charge < -0.3 is 19.9 Å². The fourth-order valence-electron chi connectivity index (χ4n) is 2.23. The van der Waals surface area contributed by atoms with Gasteiger partial charge in [0.15, 0.2) is 0 Å². The highest BCUT2D eigenvalue weighted by atomic mass is 16.5. The van der Waals surface area contributed by atoms with Crippen molar-refractivity contribution in [1.82, 2.24) is 14.5 Å². The van der Waals surface area contributed by atoms with Crippen molar-refractivity contribution in [3.63, 3.8) is 0 Å². The number of likely N-dealkylation sites (tertiary alicyclic amines) is 1. The van der Waals surface area contributed by atoms with Crippen molar-refractivity contribution >= 4 is 5.91 Å². The molecule has 0 unspecified atom stereocenters. The normalized spacial score (nSPS) is 24.2. The molecule has 1 aromatic rings. The molecule has 0 spiro atoms. The quantitative estimate of drug-likeness (QED) is 0.776. The molecule has 1 aliphatic rings. The number of methoxy groups -OCH3 is 1. The van der Waals surface area contributed by atoms with E-state index in [0.717, 1.165) is 0 Å². The summed E-state index contributed by atoms with van der Waals surface area (Å²) >= 11 is 0. The average Bonchev–Trinajstić information content (AvgIpc) is 2.97. The molecule has 6 nitrogen and oxygen atoms in total. The first-order valence-corrected chi connectivity index (χ1v) is 5.74. The number of ether oxygens (including phenoxy) is 1. The summed E-state index contributed by atoms with van der Waals surface area (Å²) in [6.45, 7) is 1.68. The molecule has 0 radical (unpaired) electrons. The van der Waals surface area contributed by atoms with Crippen molar-refractivity contribution in [3.05, 3.63) is 18.7 Å². The zero-order chi connectivity index (χ0) is 12.3. The van der Waals surface area contributed by atoms with E-state index in [2.05, 4.69) is 4.98 Å². The Balaban J connectivity index is 2.06. The summed E-state index contributed by atoms with van der Waals surface area (Å²) in [6.07, 6.45) is 5.80. The Morgan fingerprint density at radius 2 is 2.41 bits per heavy atom. The van der Waals surface area contributed by atoms with E-state index in [0.29, 0.717) is 26.1 Å². The van der Waals surface area contributed by atoms with E-state index >= 15 is 0 Å². The summed E-state index contributed by atoms with van der Waals surface area (Å²) in [7, 11) is 1.67. The summed E-state index contributed by atoms with van der Waals surface area (Å²) in [6, 6.07) is 0.143. The monoisotopic (exact) mass is 238 g/mol. The molecule has 0 aromatic carbocycles. The van der Waals surface area contributed by atoms with Crippen molar-refractivity contribution in [2.45, 2.75) is 18.6 Å². The van der Waals surface area contributed by atoms with Gasteiger partial charge in [0.05, 0.1) is 18.5 Å².